The molecule has 0 aliphatic carbocycles. The van der Waals surface area contributed by atoms with Crippen LogP contribution >= 0.6 is 0 Å². The van der Waals surface area contributed by atoms with Crippen LogP contribution in [0.5, 0.6) is 0 Å². The largest absolute Gasteiger partial charge is 0.368 e. The van der Waals surface area contributed by atoms with Crippen molar-refractivity contribution in [3.8, 4) is 11.1 Å². The molecule has 3 N–H and O–H groups in total. The molecule has 0 spiro atoms. The SMILES string of the molecule is NC1=NC(CCCCCc2cn(CCNC(=O)c3ccc(-c4ccccc4)cc3)nn2)C=N1. The fraction of sp³-hybridized carbons (Fsp3) is 0.320. The van der Waals surface area contributed by atoms with Crippen molar-refractivity contribution in [1.82, 2.24) is 20.3 Å². The number of amides is 1. The van der Waals surface area contributed by atoms with Crippen molar-refractivity contribution in [2.24, 2.45) is 15.7 Å². The van der Waals surface area contributed by atoms with Crippen molar-refractivity contribution in [2.45, 2.75) is 44.7 Å². The molecule has 1 aromatic heterocycles. The molecule has 8 heteroatoms. The van der Waals surface area contributed by atoms with Gasteiger partial charge in [-0.1, -0.05) is 60.5 Å². The maximum absolute atomic E-state index is 12.4. The summed E-state index contributed by atoms with van der Waals surface area (Å²) < 4.78 is 1.78. The molecule has 1 amide bonds. The highest BCUT2D eigenvalue weighted by Crippen LogP contribution is 2.19. The zero-order valence-corrected chi connectivity index (χ0v) is 18.6. The van der Waals surface area contributed by atoms with Crippen molar-refractivity contribution < 1.29 is 4.79 Å². The van der Waals surface area contributed by atoms with Gasteiger partial charge in [-0.25, -0.2) is 9.98 Å². The van der Waals surface area contributed by atoms with E-state index in [0.717, 1.165) is 48.9 Å². The predicted octanol–water partition coefficient (Wildman–Crippen LogP) is 3.25. The van der Waals surface area contributed by atoms with E-state index in [0.29, 0.717) is 24.6 Å². The Balaban J connectivity index is 1.14. The molecule has 0 radical (unpaired) electrons. The number of rotatable bonds is 11. The van der Waals surface area contributed by atoms with Gasteiger partial charge in [0.1, 0.15) is 0 Å². The molecule has 1 aliphatic heterocycles. The van der Waals surface area contributed by atoms with E-state index in [-0.39, 0.29) is 11.9 Å². The molecule has 170 valence electrons. The maximum atomic E-state index is 12.4. The fourth-order valence-electron chi connectivity index (χ4n) is 3.77. The van der Waals surface area contributed by atoms with E-state index in [4.69, 9.17) is 5.73 Å². The lowest BCUT2D eigenvalue weighted by molar-refractivity contribution is 0.0952. The predicted molar refractivity (Wildman–Crippen MR) is 130 cm³/mol. The van der Waals surface area contributed by atoms with Crippen LogP contribution < -0.4 is 11.1 Å². The number of guanidine groups is 1. The van der Waals surface area contributed by atoms with Crippen molar-refractivity contribution in [3.63, 3.8) is 0 Å². The first-order chi connectivity index (χ1) is 16.2. The molecule has 4 rings (SSSR count). The van der Waals surface area contributed by atoms with Crippen LogP contribution in [0, 0.1) is 0 Å². The van der Waals surface area contributed by atoms with E-state index >= 15 is 0 Å². The lowest BCUT2D eigenvalue weighted by Crippen LogP contribution is -2.27. The van der Waals surface area contributed by atoms with Crippen LogP contribution in [0.1, 0.15) is 41.7 Å². The lowest BCUT2D eigenvalue weighted by Gasteiger charge is -2.06. The van der Waals surface area contributed by atoms with Gasteiger partial charge in [0.15, 0.2) is 0 Å². The van der Waals surface area contributed by atoms with Gasteiger partial charge in [-0.15, -0.1) is 5.10 Å². The van der Waals surface area contributed by atoms with Crippen LogP contribution in [-0.2, 0) is 13.0 Å². The Kier molecular flexibility index (Phi) is 7.58. The fourth-order valence-corrected chi connectivity index (χ4v) is 3.77. The van der Waals surface area contributed by atoms with Gasteiger partial charge in [-0.2, -0.15) is 0 Å². The number of benzene rings is 2. The molecule has 1 aliphatic rings. The number of unbranched alkanes of at least 4 members (excludes halogenated alkanes) is 2. The van der Waals surface area contributed by atoms with Crippen LogP contribution in [-0.4, -0.2) is 45.7 Å². The Morgan fingerprint density at radius 1 is 1.00 bits per heavy atom. The zero-order valence-electron chi connectivity index (χ0n) is 18.6. The van der Waals surface area contributed by atoms with E-state index in [2.05, 4.69) is 37.7 Å². The third kappa shape index (κ3) is 6.58. The number of aliphatic imine (C=N–C) groups is 2. The van der Waals surface area contributed by atoms with E-state index in [1.807, 2.05) is 54.9 Å². The molecule has 0 saturated heterocycles. The molecule has 2 aromatic carbocycles. The van der Waals surface area contributed by atoms with Crippen LogP contribution in [0.15, 0.2) is 70.8 Å². The Hall–Kier alpha value is -3.81. The van der Waals surface area contributed by atoms with Gasteiger partial charge < -0.3 is 11.1 Å². The van der Waals surface area contributed by atoms with Crippen LogP contribution in [0.25, 0.3) is 11.1 Å². The highest BCUT2D eigenvalue weighted by molar-refractivity contribution is 5.94. The third-order valence-corrected chi connectivity index (χ3v) is 5.58. The summed E-state index contributed by atoms with van der Waals surface area (Å²) in [6, 6.07) is 17.9. The standard InChI is InChI=1S/C25H29N7O/c26-25-28-17-22(29-25)9-5-2-6-10-23-18-32(31-30-23)16-15-27-24(33)21-13-11-20(12-14-21)19-7-3-1-4-8-19/h1,3-4,7-8,11-14,17-18,22H,2,5-6,9-10,15-16H2,(H2,26,29)(H,27,33). The Morgan fingerprint density at radius 3 is 2.55 bits per heavy atom. The number of nitrogens with zero attached hydrogens (tertiary/aromatic N) is 5. The first-order valence-electron chi connectivity index (χ1n) is 11.4. The topological polar surface area (TPSA) is 111 Å². The second kappa shape index (κ2) is 11.2. The number of nitrogens with one attached hydrogen (secondary N) is 1. The number of carbonyl (C=O) groups excluding carboxylic acids is 1. The molecule has 2 heterocycles. The van der Waals surface area contributed by atoms with Gasteiger partial charge in [-0.3, -0.25) is 9.48 Å². The molecule has 0 saturated carbocycles. The molecule has 33 heavy (non-hydrogen) atoms. The smallest absolute Gasteiger partial charge is 0.251 e. The number of carbonyl (C=O) groups is 1. The van der Waals surface area contributed by atoms with Crippen LogP contribution in [0.3, 0.4) is 0 Å². The quantitative estimate of drug-likeness (QED) is 0.443. The molecule has 8 nitrogen and oxygen atoms in total. The lowest BCUT2D eigenvalue weighted by atomic mass is 10.0. The minimum Gasteiger partial charge on any atom is -0.368 e. The number of aromatic nitrogens is 3. The minimum absolute atomic E-state index is 0.0895. The zero-order chi connectivity index (χ0) is 22.9. The highest BCUT2D eigenvalue weighted by atomic mass is 16.1. The Labute approximate surface area is 193 Å². The summed E-state index contributed by atoms with van der Waals surface area (Å²) in [5, 5.41) is 11.4. The van der Waals surface area contributed by atoms with Gasteiger partial charge in [-0.05, 0) is 42.5 Å². The second-order valence-electron chi connectivity index (χ2n) is 8.10. The number of aryl methyl sites for hydroxylation is 1. The van der Waals surface area contributed by atoms with Crippen LogP contribution in [0.2, 0.25) is 0 Å². The van der Waals surface area contributed by atoms with Crippen molar-refractivity contribution in [3.05, 3.63) is 72.1 Å². The average Bonchev–Trinajstić information content (AvgIpc) is 3.48. The molecule has 1 atom stereocenters. The molecular formula is C25H29N7O. The summed E-state index contributed by atoms with van der Waals surface area (Å²) in [6.07, 6.45) is 8.88. The van der Waals surface area contributed by atoms with Crippen LogP contribution in [0.4, 0.5) is 0 Å². The summed E-state index contributed by atoms with van der Waals surface area (Å²) in [5.74, 6) is 0.294. The average molecular weight is 444 g/mol. The normalized spacial score (nSPS) is 14.9. The van der Waals surface area contributed by atoms with Gasteiger partial charge in [0.25, 0.3) is 5.91 Å². The number of hydrogen-bond acceptors (Lipinski definition) is 6. The second-order valence-corrected chi connectivity index (χ2v) is 8.10. The van der Waals surface area contributed by atoms with Crippen molar-refractivity contribution >= 4 is 18.1 Å². The first kappa shape index (κ1) is 22.4. The van der Waals surface area contributed by atoms with Gasteiger partial charge in [0.05, 0.1) is 18.3 Å². The van der Waals surface area contributed by atoms with Gasteiger partial charge in [0.2, 0.25) is 5.96 Å². The first-order valence-corrected chi connectivity index (χ1v) is 11.4. The molecule has 0 bridgehead atoms. The van der Waals surface area contributed by atoms with Gasteiger partial charge in [0, 0.05) is 24.5 Å². The third-order valence-electron chi connectivity index (χ3n) is 5.58. The summed E-state index contributed by atoms with van der Waals surface area (Å²) in [7, 11) is 0. The van der Waals surface area contributed by atoms with Gasteiger partial charge >= 0.3 is 0 Å². The minimum atomic E-state index is -0.0895. The van der Waals surface area contributed by atoms with Crippen molar-refractivity contribution in [1.29, 1.82) is 0 Å². The summed E-state index contributed by atoms with van der Waals surface area (Å²) in [6.45, 7) is 1.08. The maximum Gasteiger partial charge on any atom is 0.251 e. The van der Waals surface area contributed by atoms with E-state index < -0.39 is 0 Å². The summed E-state index contributed by atoms with van der Waals surface area (Å²) >= 11 is 0. The highest BCUT2D eigenvalue weighted by Gasteiger charge is 2.10. The number of nitrogens with two attached hydrogens (primary N) is 1. The van der Waals surface area contributed by atoms with E-state index in [9.17, 15) is 4.79 Å². The summed E-state index contributed by atoms with van der Waals surface area (Å²) in [4.78, 5) is 20.7. The summed E-state index contributed by atoms with van der Waals surface area (Å²) in [5.41, 5.74) is 9.39. The monoisotopic (exact) mass is 443 g/mol. The molecular weight excluding hydrogens is 414 g/mol. The van der Waals surface area contributed by atoms with E-state index in [1.165, 1.54) is 0 Å². The molecule has 1 unspecified atom stereocenters. The Morgan fingerprint density at radius 2 is 1.79 bits per heavy atom. The Bertz CT molecular complexity index is 1100. The molecule has 3 aromatic rings. The van der Waals surface area contributed by atoms with E-state index in [1.54, 1.807) is 4.68 Å². The van der Waals surface area contributed by atoms with Crippen molar-refractivity contribution in [2.75, 3.05) is 6.54 Å². The number of hydrogen-bond donors (Lipinski definition) is 2. The molecule has 0 fully saturated rings.